The van der Waals surface area contributed by atoms with E-state index in [1.165, 1.54) is 12.1 Å². The van der Waals surface area contributed by atoms with Gasteiger partial charge >= 0.3 is 6.18 Å². The first-order valence-corrected chi connectivity index (χ1v) is 11.7. The van der Waals surface area contributed by atoms with Gasteiger partial charge in [-0.05, 0) is 61.6 Å². The SMILES string of the molecule is CN(C)c1cccc(-c2nn(-c3cc(N4CC[C@H](O)C4)ccc3C(F)(F)F)c(=O)c3c2CCC3)c1. The van der Waals surface area contributed by atoms with E-state index in [0.717, 1.165) is 34.0 Å². The lowest BCUT2D eigenvalue weighted by atomic mass is 10.0. The Hall–Kier alpha value is -3.33. The van der Waals surface area contributed by atoms with Gasteiger partial charge in [-0.1, -0.05) is 12.1 Å². The van der Waals surface area contributed by atoms with Crippen LogP contribution in [0, 0.1) is 0 Å². The van der Waals surface area contributed by atoms with Crippen molar-refractivity contribution < 1.29 is 18.3 Å². The van der Waals surface area contributed by atoms with Gasteiger partial charge in [-0.2, -0.15) is 23.0 Å². The molecule has 184 valence electrons. The van der Waals surface area contributed by atoms with Crippen molar-refractivity contribution in [2.24, 2.45) is 0 Å². The van der Waals surface area contributed by atoms with Gasteiger partial charge in [-0.15, -0.1) is 0 Å². The Balaban J connectivity index is 1.74. The number of aliphatic hydroxyl groups excluding tert-OH is 1. The molecule has 0 radical (unpaired) electrons. The number of nitrogens with zero attached hydrogens (tertiary/aromatic N) is 4. The van der Waals surface area contributed by atoms with E-state index >= 15 is 0 Å². The number of halogens is 3. The first kappa shape index (κ1) is 23.4. The number of hydrogen-bond donors (Lipinski definition) is 1. The predicted octanol–water partition coefficient (Wildman–Crippen LogP) is 4.04. The zero-order valence-electron chi connectivity index (χ0n) is 19.6. The third-order valence-corrected chi connectivity index (χ3v) is 6.83. The summed E-state index contributed by atoms with van der Waals surface area (Å²) in [6.07, 6.45) is -2.72. The van der Waals surface area contributed by atoms with Crippen LogP contribution in [0.15, 0.2) is 47.3 Å². The summed E-state index contributed by atoms with van der Waals surface area (Å²) < 4.78 is 43.2. The molecule has 0 bridgehead atoms. The maximum atomic E-state index is 14.1. The Kier molecular flexibility index (Phi) is 5.83. The highest BCUT2D eigenvalue weighted by atomic mass is 19.4. The molecule has 0 unspecified atom stereocenters. The number of aromatic nitrogens is 2. The van der Waals surface area contributed by atoms with E-state index in [9.17, 15) is 23.1 Å². The monoisotopic (exact) mass is 484 g/mol. The Morgan fingerprint density at radius 2 is 1.86 bits per heavy atom. The summed E-state index contributed by atoms with van der Waals surface area (Å²) in [5.41, 5.74) is 2.38. The first-order chi connectivity index (χ1) is 16.6. The molecular formula is C26H27F3N4O2. The molecule has 1 saturated heterocycles. The molecule has 0 amide bonds. The van der Waals surface area contributed by atoms with Gasteiger partial charge in [0.25, 0.3) is 5.56 Å². The zero-order valence-corrected chi connectivity index (χ0v) is 19.6. The van der Waals surface area contributed by atoms with Crippen molar-refractivity contribution in [1.29, 1.82) is 0 Å². The van der Waals surface area contributed by atoms with E-state index in [2.05, 4.69) is 5.10 Å². The third-order valence-electron chi connectivity index (χ3n) is 6.83. The van der Waals surface area contributed by atoms with Crippen molar-refractivity contribution in [3.63, 3.8) is 0 Å². The fourth-order valence-electron chi connectivity index (χ4n) is 5.01. The Morgan fingerprint density at radius 1 is 1.09 bits per heavy atom. The number of anilines is 2. The lowest BCUT2D eigenvalue weighted by Crippen LogP contribution is -2.29. The molecule has 35 heavy (non-hydrogen) atoms. The molecule has 0 saturated carbocycles. The second-order valence-electron chi connectivity index (χ2n) is 9.41. The molecule has 6 nitrogen and oxygen atoms in total. The van der Waals surface area contributed by atoms with Gasteiger partial charge in [-0.3, -0.25) is 4.79 Å². The summed E-state index contributed by atoms with van der Waals surface area (Å²) in [5, 5.41) is 14.5. The van der Waals surface area contributed by atoms with Gasteiger partial charge in [0.2, 0.25) is 0 Å². The maximum absolute atomic E-state index is 14.1. The number of hydrogen-bond acceptors (Lipinski definition) is 5. The molecule has 3 aromatic rings. The standard InChI is InChI=1S/C26H27F3N4O2/c1-31(2)17-6-3-5-16(13-17)24-20-7-4-8-21(20)25(35)33(30-24)23-14-18(32-12-11-19(34)15-32)9-10-22(23)26(27,28)29/h3,5-6,9-10,13-14,19,34H,4,7-8,11-12,15H2,1-2H3/t19-/m0/s1. The lowest BCUT2D eigenvalue weighted by molar-refractivity contribution is -0.137. The molecular weight excluding hydrogens is 457 g/mol. The smallest absolute Gasteiger partial charge is 0.391 e. The summed E-state index contributed by atoms with van der Waals surface area (Å²) in [5.74, 6) is 0. The number of benzene rings is 2. The molecule has 1 fully saturated rings. The van der Waals surface area contributed by atoms with Crippen molar-refractivity contribution in [1.82, 2.24) is 9.78 Å². The van der Waals surface area contributed by atoms with Gasteiger partial charge in [0.05, 0.1) is 23.0 Å². The Bertz CT molecular complexity index is 1330. The third kappa shape index (κ3) is 4.29. The van der Waals surface area contributed by atoms with Gasteiger partial charge in [-0.25, -0.2) is 0 Å². The van der Waals surface area contributed by atoms with E-state index < -0.39 is 23.4 Å². The average molecular weight is 485 g/mol. The second-order valence-corrected chi connectivity index (χ2v) is 9.41. The largest absolute Gasteiger partial charge is 0.418 e. The number of fused-ring (bicyclic) bond motifs is 1. The fourth-order valence-corrected chi connectivity index (χ4v) is 5.01. The minimum absolute atomic E-state index is 0.291. The van der Waals surface area contributed by atoms with Crippen molar-refractivity contribution in [2.45, 2.75) is 38.0 Å². The van der Waals surface area contributed by atoms with Crippen molar-refractivity contribution in [2.75, 3.05) is 37.0 Å². The summed E-state index contributed by atoms with van der Waals surface area (Å²) >= 11 is 0. The van der Waals surface area contributed by atoms with Crippen LogP contribution in [-0.4, -0.2) is 48.2 Å². The van der Waals surface area contributed by atoms with Crippen LogP contribution in [0.4, 0.5) is 24.5 Å². The van der Waals surface area contributed by atoms with Crippen LogP contribution in [0.25, 0.3) is 16.9 Å². The summed E-state index contributed by atoms with van der Waals surface area (Å²) in [6.45, 7) is 0.862. The fraction of sp³-hybridized carbons (Fsp3) is 0.385. The van der Waals surface area contributed by atoms with Crippen LogP contribution >= 0.6 is 0 Å². The van der Waals surface area contributed by atoms with Gasteiger partial charge < -0.3 is 14.9 Å². The molecule has 1 aliphatic heterocycles. The quantitative estimate of drug-likeness (QED) is 0.606. The van der Waals surface area contributed by atoms with Crippen LogP contribution in [0.3, 0.4) is 0 Å². The van der Waals surface area contributed by atoms with Crippen LogP contribution in [0.5, 0.6) is 0 Å². The second kappa shape index (κ2) is 8.71. The van der Waals surface area contributed by atoms with Crippen molar-refractivity contribution in [3.05, 3.63) is 69.5 Å². The Labute approximate surface area is 201 Å². The minimum atomic E-state index is -4.66. The van der Waals surface area contributed by atoms with Gasteiger partial charge in [0, 0.05) is 49.7 Å². The number of β-amino-alcohol motifs (C(OH)–C–C–N with tert-alkyl or cyclic N) is 1. The summed E-state index contributed by atoms with van der Waals surface area (Å²) in [7, 11) is 3.82. The molecule has 2 aromatic carbocycles. The van der Waals surface area contributed by atoms with E-state index in [1.54, 1.807) is 0 Å². The maximum Gasteiger partial charge on any atom is 0.418 e. The van der Waals surface area contributed by atoms with Gasteiger partial charge in [0.15, 0.2) is 0 Å². The zero-order chi connectivity index (χ0) is 24.9. The van der Waals surface area contributed by atoms with Gasteiger partial charge in [0.1, 0.15) is 0 Å². The number of alkyl halides is 3. The van der Waals surface area contributed by atoms with E-state index in [0.29, 0.717) is 49.3 Å². The van der Waals surface area contributed by atoms with Crippen molar-refractivity contribution >= 4 is 11.4 Å². The molecule has 2 heterocycles. The highest BCUT2D eigenvalue weighted by Gasteiger charge is 2.36. The lowest BCUT2D eigenvalue weighted by Gasteiger charge is -2.22. The van der Waals surface area contributed by atoms with Crippen molar-refractivity contribution in [3.8, 4) is 16.9 Å². The predicted molar refractivity (Wildman–Crippen MR) is 129 cm³/mol. The van der Waals surface area contributed by atoms with Crippen LogP contribution in [0.2, 0.25) is 0 Å². The van der Waals surface area contributed by atoms with E-state index in [4.69, 9.17) is 0 Å². The minimum Gasteiger partial charge on any atom is -0.391 e. The molecule has 2 aliphatic rings. The van der Waals surface area contributed by atoms with Crippen LogP contribution < -0.4 is 15.4 Å². The number of aliphatic hydroxyl groups is 1. The number of rotatable bonds is 4. The average Bonchev–Trinajstić information content (AvgIpc) is 3.48. The Morgan fingerprint density at radius 3 is 2.54 bits per heavy atom. The molecule has 9 heteroatoms. The highest BCUT2D eigenvalue weighted by Crippen LogP contribution is 2.37. The molecule has 1 atom stereocenters. The summed E-state index contributed by atoms with van der Waals surface area (Å²) in [4.78, 5) is 17.2. The molecule has 5 rings (SSSR count). The molecule has 1 N–H and O–H groups in total. The first-order valence-electron chi connectivity index (χ1n) is 11.7. The normalized spacial score (nSPS) is 17.7. The molecule has 1 aliphatic carbocycles. The van der Waals surface area contributed by atoms with E-state index in [1.807, 2.05) is 48.2 Å². The van der Waals surface area contributed by atoms with Crippen LogP contribution in [0.1, 0.15) is 29.5 Å². The van der Waals surface area contributed by atoms with Crippen LogP contribution in [-0.2, 0) is 19.0 Å². The molecule has 0 spiro atoms. The topological polar surface area (TPSA) is 61.6 Å². The summed E-state index contributed by atoms with van der Waals surface area (Å²) in [6, 6.07) is 11.4. The highest BCUT2D eigenvalue weighted by molar-refractivity contribution is 5.70. The van der Waals surface area contributed by atoms with E-state index in [-0.39, 0.29) is 5.69 Å². The molecule has 1 aromatic heterocycles.